The van der Waals surface area contributed by atoms with E-state index in [0.29, 0.717) is 35.8 Å². The monoisotopic (exact) mass is 422 g/mol. The summed E-state index contributed by atoms with van der Waals surface area (Å²) < 4.78 is 18.2. The lowest BCUT2D eigenvalue weighted by Crippen LogP contribution is -2.45. The third-order valence-corrected chi connectivity index (χ3v) is 7.24. The maximum atomic E-state index is 12.5. The average molecular weight is 423 g/mol. The number of carbonyl (C=O) groups excluding carboxylic acids is 1. The van der Waals surface area contributed by atoms with Crippen LogP contribution < -0.4 is 0 Å². The highest BCUT2D eigenvalue weighted by Gasteiger charge is 2.51. The minimum absolute atomic E-state index is 0.0902. The zero-order chi connectivity index (χ0) is 18.1. The third-order valence-electron chi connectivity index (χ3n) is 6.71. The van der Waals surface area contributed by atoms with Gasteiger partial charge in [-0.05, 0) is 54.9 Å². The molecule has 0 aromatic heterocycles. The van der Waals surface area contributed by atoms with Crippen molar-refractivity contribution in [2.45, 2.75) is 38.4 Å². The van der Waals surface area contributed by atoms with Gasteiger partial charge in [0.2, 0.25) is 0 Å². The Kier molecular flexibility index (Phi) is 5.67. The van der Waals surface area contributed by atoms with E-state index in [2.05, 4.69) is 15.9 Å². The summed E-state index contributed by atoms with van der Waals surface area (Å²) in [5, 5.41) is 0. The van der Waals surface area contributed by atoms with Crippen LogP contribution in [0.15, 0.2) is 28.7 Å². The van der Waals surface area contributed by atoms with Crippen LogP contribution >= 0.6 is 15.9 Å². The summed E-state index contributed by atoms with van der Waals surface area (Å²) in [5.74, 6) is 2.42. The second-order valence-electron chi connectivity index (χ2n) is 7.98. The molecule has 0 N–H and O–H groups in total. The Hall–Kier alpha value is -0.910. The topological polar surface area (TPSA) is 44.8 Å². The summed E-state index contributed by atoms with van der Waals surface area (Å²) in [6.07, 6.45) is 6.28. The third kappa shape index (κ3) is 3.58. The molecule has 1 aliphatic heterocycles. The Bertz CT molecular complexity index is 631. The predicted octanol–water partition coefficient (Wildman–Crippen LogP) is 4.67. The van der Waals surface area contributed by atoms with Crippen molar-refractivity contribution in [3.05, 3.63) is 34.3 Å². The van der Waals surface area contributed by atoms with E-state index in [9.17, 15) is 4.79 Å². The van der Waals surface area contributed by atoms with Crippen LogP contribution in [0, 0.1) is 29.6 Å². The van der Waals surface area contributed by atoms with Gasteiger partial charge in [-0.25, -0.2) is 4.79 Å². The Morgan fingerprint density at radius 2 is 1.92 bits per heavy atom. The number of fused-ring (bicyclic) bond motifs is 2. The van der Waals surface area contributed by atoms with Crippen molar-refractivity contribution in [2.24, 2.45) is 29.6 Å². The van der Waals surface area contributed by atoms with Crippen molar-refractivity contribution in [3.63, 3.8) is 0 Å². The smallest absolute Gasteiger partial charge is 0.338 e. The van der Waals surface area contributed by atoms with Gasteiger partial charge in [-0.3, -0.25) is 0 Å². The van der Waals surface area contributed by atoms with Gasteiger partial charge in [-0.1, -0.05) is 35.2 Å². The lowest BCUT2D eigenvalue weighted by atomic mass is 9.58. The van der Waals surface area contributed by atoms with Gasteiger partial charge < -0.3 is 14.2 Å². The van der Waals surface area contributed by atoms with Crippen molar-refractivity contribution in [1.82, 2.24) is 0 Å². The van der Waals surface area contributed by atoms with E-state index in [-0.39, 0.29) is 12.3 Å². The van der Waals surface area contributed by atoms with Crippen LogP contribution in [0.5, 0.6) is 0 Å². The highest BCUT2D eigenvalue weighted by molar-refractivity contribution is 9.10. The van der Waals surface area contributed by atoms with E-state index < -0.39 is 0 Å². The van der Waals surface area contributed by atoms with Crippen LogP contribution in [0.25, 0.3) is 0 Å². The molecule has 1 saturated heterocycles. The van der Waals surface area contributed by atoms with Crippen molar-refractivity contribution in [3.8, 4) is 0 Å². The molecule has 3 fully saturated rings. The number of halogens is 1. The van der Waals surface area contributed by atoms with Crippen LogP contribution in [0.1, 0.15) is 42.5 Å². The highest BCUT2D eigenvalue weighted by atomic mass is 79.9. The van der Waals surface area contributed by atoms with E-state index in [1.165, 1.54) is 32.1 Å². The lowest BCUT2D eigenvalue weighted by Gasteiger charge is -2.47. The Labute approximate surface area is 163 Å². The van der Waals surface area contributed by atoms with Crippen molar-refractivity contribution < 1.29 is 19.0 Å². The normalized spacial score (nSPS) is 36.2. The number of carbonyl (C=O) groups is 1. The fourth-order valence-electron chi connectivity index (χ4n) is 5.47. The minimum atomic E-state index is -0.228. The lowest BCUT2D eigenvalue weighted by molar-refractivity contribution is -0.120. The van der Waals surface area contributed by atoms with Crippen molar-refractivity contribution >= 4 is 21.9 Å². The van der Waals surface area contributed by atoms with E-state index in [1.807, 2.05) is 12.1 Å². The Balaban J connectivity index is 1.47. The summed E-state index contributed by atoms with van der Waals surface area (Å²) in [7, 11) is 1.74. The molecule has 0 amide bonds. The summed E-state index contributed by atoms with van der Waals surface area (Å²) >= 11 is 3.40. The number of esters is 1. The number of hydrogen-bond acceptors (Lipinski definition) is 4. The molecular formula is C21H27BrO4. The molecule has 2 aliphatic carbocycles. The molecule has 26 heavy (non-hydrogen) atoms. The van der Waals surface area contributed by atoms with Crippen LogP contribution in [0.2, 0.25) is 0 Å². The SMILES string of the molecule is CO[C@H]1OC[C@@H]2[C@H](COC(=O)c3ccc(Br)cc3)[C@H]3CCCC[C@@H]3C[C@H]12. The van der Waals surface area contributed by atoms with Gasteiger partial charge >= 0.3 is 5.97 Å². The molecule has 5 heteroatoms. The molecule has 4 rings (SSSR count). The molecule has 1 heterocycles. The number of ether oxygens (including phenoxy) is 3. The first-order valence-electron chi connectivity index (χ1n) is 9.74. The molecule has 0 radical (unpaired) electrons. The van der Waals surface area contributed by atoms with Crippen LogP contribution in [0.4, 0.5) is 0 Å². The fraction of sp³-hybridized carbons (Fsp3) is 0.667. The van der Waals surface area contributed by atoms with E-state index in [0.717, 1.165) is 17.0 Å². The maximum absolute atomic E-state index is 12.5. The molecule has 0 bridgehead atoms. The molecule has 0 spiro atoms. The molecule has 3 aliphatic rings. The second-order valence-corrected chi connectivity index (χ2v) is 8.89. The Morgan fingerprint density at radius 3 is 2.69 bits per heavy atom. The second kappa shape index (κ2) is 7.99. The van der Waals surface area contributed by atoms with Crippen LogP contribution in [0.3, 0.4) is 0 Å². The highest BCUT2D eigenvalue weighted by Crippen LogP contribution is 2.52. The molecule has 0 unspecified atom stereocenters. The summed E-state index contributed by atoms with van der Waals surface area (Å²) in [6, 6.07) is 7.36. The fourth-order valence-corrected chi connectivity index (χ4v) is 5.74. The number of benzene rings is 1. The quantitative estimate of drug-likeness (QED) is 0.661. The predicted molar refractivity (Wildman–Crippen MR) is 102 cm³/mol. The largest absolute Gasteiger partial charge is 0.462 e. The van der Waals surface area contributed by atoms with Gasteiger partial charge in [0.05, 0.1) is 18.8 Å². The van der Waals surface area contributed by atoms with E-state index in [1.54, 1.807) is 19.2 Å². The van der Waals surface area contributed by atoms with Crippen molar-refractivity contribution in [2.75, 3.05) is 20.3 Å². The molecule has 2 saturated carbocycles. The van der Waals surface area contributed by atoms with Crippen LogP contribution in [-0.2, 0) is 14.2 Å². The molecule has 6 atom stereocenters. The zero-order valence-corrected chi connectivity index (χ0v) is 16.8. The van der Waals surface area contributed by atoms with Crippen molar-refractivity contribution in [1.29, 1.82) is 0 Å². The van der Waals surface area contributed by atoms with Gasteiger partial charge in [0.15, 0.2) is 6.29 Å². The molecule has 142 valence electrons. The van der Waals surface area contributed by atoms with Gasteiger partial charge in [0, 0.05) is 23.4 Å². The molecule has 1 aromatic carbocycles. The first-order valence-corrected chi connectivity index (χ1v) is 10.5. The maximum Gasteiger partial charge on any atom is 0.338 e. The minimum Gasteiger partial charge on any atom is -0.462 e. The first kappa shape index (κ1) is 18.5. The van der Waals surface area contributed by atoms with Gasteiger partial charge in [-0.15, -0.1) is 0 Å². The van der Waals surface area contributed by atoms with E-state index >= 15 is 0 Å². The number of rotatable bonds is 4. The van der Waals surface area contributed by atoms with Crippen LogP contribution in [-0.4, -0.2) is 32.6 Å². The zero-order valence-electron chi connectivity index (χ0n) is 15.2. The number of hydrogen-bond donors (Lipinski definition) is 0. The standard InChI is InChI=1S/C21H27BrO4/c1-24-21-17-10-14-4-2-3-5-16(14)18(19(17)12-26-21)11-25-20(23)13-6-8-15(22)9-7-13/h6-9,14,16-19,21H,2-5,10-12H2,1H3/t14-,16+,17+,18-,19+,21+/m1/s1. The summed E-state index contributed by atoms with van der Waals surface area (Å²) in [4.78, 5) is 12.5. The summed E-state index contributed by atoms with van der Waals surface area (Å²) in [6.45, 7) is 1.23. The van der Waals surface area contributed by atoms with E-state index in [4.69, 9.17) is 14.2 Å². The Morgan fingerprint density at radius 1 is 1.15 bits per heavy atom. The van der Waals surface area contributed by atoms with Gasteiger partial charge in [0.1, 0.15) is 0 Å². The summed E-state index contributed by atoms with van der Waals surface area (Å²) in [5.41, 5.74) is 0.609. The first-order chi connectivity index (χ1) is 12.7. The van der Waals surface area contributed by atoms with Gasteiger partial charge in [-0.2, -0.15) is 0 Å². The molecular weight excluding hydrogens is 396 g/mol. The van der Waals surface area contributed by atoms with Gasteiger partial charge in [0.25, 0.3) is 0 Å². The number of methoxy groups -OCH3 is 1. The average Bonchev–Trinajstić information content (AvgIpc) is 3.08. The molecule has 1 aromatic rings. The molecule has 4 nitrogen and oxygen atoms in total.